The molecule has 1 saturated carbocycles. The van der Waals surface area contributed by atoms with Crippen molar-refractivity contribution in [1.82, 2.24) is 4.57 Å². The van der Waals surface area contributed by atoms with Crippen LogP contribution in [0.4, 0.5) is 10.1 Å². The number of aromatic nitrogens is 1. The topological polar surface area (TPSA) is 97.8 Å². The van der Waals surface area contributed by atoms with Crippen LogP contribution in [0.2, 0.25) is 0 Å². The zero-order chi connectivity index (χ0) is 20.4. The van der Waals surface area contributed by atoms with Crippen molar-refractivity contribution in [3.05, 3.63) is 33.9 Å². The third-order valence-electron chi connectivity index (χ3n) is 6.59. The molecule has 0 radical (unpaired) electrons. The summed E-state index contributed by atoms with van der Waals surface area (Å²) in [4.78, 5) is 26.3. The van der Waals surface area contributed by atoms with Gasteiger partial charge in [-0.3, -0.25) is 9.36 Å². The number of hydrogen-bond donors (Lipinski definition) is 2. The van der Waals surface area contributed by atoms with Crippen LogP contribution in [0.25, 0.3) is 10.9 Å². The fourth-order valence-corrected chi connectivity index (χ4v) is 4.89. The molecule has 2 aliphatic heterocycles. The summed E-state index contributed by atoms with van der Waals surface area (Å²) >= 11 is 0. The minimum absolute atomic E-state index is 0.136. The highest BCUT2D eigenvalue weighted by atomic mass is 19.1. The lowest BCUT2D eigenvalue weighted by atomic mass is 9.96. The first kappa shape index (κ1) is 18.4. The number of carboxylic acids is 1. The van der Waals surface area contributed by atoms with Gasteiger partial charge in [0.1, 0.15) is 17.9 Å². The number of carbonyl (C=O) groups is 1. The van der Waals surface area contributed by atoms with Crippen LogP contribution in [-0.4, -0.2) is 41.4 Å². The molecule has 3 heterocycles. The fraction of sp³-hybridized carbons (Fsp3) is 0.524. The summed E-state index contributed by atoms with van der Waals surface area (Å²) in [5, 5.41) is 9.74. The molecule has 3 atom stereocenters. The van der Waals surface area contributed by atoms with Gasteiger partial charge < -0.3 is 20.5 Å². The number of nitrogens with zero attached hydrogens (tertiary/aromatic N) is 2. The molecule has 3 N–H and O–H groups in total. The van der Waals surface area contributed by atoms with E-state index < -0.39 is 17.3 Å². The molecule has 29 heavy (non-hydrogen) atoms. The summed E-state index contributed by atoms with van der Waals surface area (Å²) in [5.41, 5.74) is 6.26. The second kappa shape index (κ2) is 6.45. The van der Waals surface area contributed by atoms with Gasteiger partial charge in [0.25, 0.3) is 5.56 Å². The number of hydrogen-bond acceptors (Lipinski definition) is 5. The lowest BCUT2D eigenvalue weighted by molar-refractivity contribution is 0.0694. The Hall–Kier alpha value is -2.61. The SMILES string of the molecule is C[C@H]1COc2c(N3CC[C@@H]([C@@H](N)C4CC4)C3)c(F)cc3cc(C(=O)O)c(=O)n1c23. The van der Waals surface area contributed by atoms with Crippen LogP contribution < -0.4 is 20.9 Å². The van der Waals surface area contributed by atoms with Gasteiger partial charge in [0.2, 0.25) is 0 Å². The van der Waals surface area contributed by atoms with Gasteiger partial charge in [-0.1, -0.05) is 0 Å². The highest BCUT2D eigenvalue weighted by Crippen LogP contribution is 2.45. The quantitative estimate of drug-likeness (QED) is 0.816. The largest absolute Gasteiger partial charge is 0.487 e. The maximum absolute atomic E-state index is 15.2. The maximum Gasteiger partial charge on any atom is 0.341 e. The highest BCUT2D eigenvalue weighted by molar-refractivity contribution is 5.97. The van der Waals surface area contributed by atoms with Crippen molar-refractivity contribution < 1.29 is 19.0 Å². The van der Waals surface area contributed by atoms with Crippen LogP contribution >= 0.6 is 0 Å². The van der Waals surface area contributed by atoms with Crippen molar-refractivity contribution in [2.45, 2.75) is 38.3 Å². The average Bonchev–Trinajstić information content (AvgIpc) is 3.42. The van der Waals surface area contributed by atoms with Crippen molar-refractivity contribution in [3.63, 3.8) is 0 Å². The molecule has 2 aromatic rings. The first-order valence-corrected chi connectivity index (χ1v) is 10.1. The normalized spacial score (nSPS) is 24.6. The standard InChI is InChI=1S/C21H24FN3O4/c1-10-9-29-19-17-13(6-14(21(27)28)20(26)25(10)17)7-15(22)18(19)24-5-4-12(8-24)16(23)11-2-3-11/h6-7,10-12,16H,2-5,8-9,23H2,1H3,(H,27,28)/t10-,12+,16-/m0/s1. The van der Waals surface area contributed by atoms with Gasteiger partial charge in [0, 0.05) is 24.5 Å². The number of aromatic carboxylic acids is 1. The summed E-state index contributed by atoms with van der Waals surface area (Å²) in [5.74, 6) is -0.570. The van der Waals surface area contributed by atoms with Crippen molar-refractivity contribution in [1.29, 1.82) is 0 Å². The number of carboxylic acid groups (broad SMARTS) is 1. The van der Waals surface area contributed by atoms with E-state index in [0.717, 1.165) is 6.42 Å². The Morgan fingerprint density at radius 1 is 1.31 bits per heavy atom. The molecular formula is C21H24FN3O4. The number of benzene rings is 1. The number of ether oxygens (including phenoxy) is 1. The first-order chi connectivity index (χ1) is 13.9. The van der Waals surface area contributed by atoms with Crippen molar-refractivity contribution in [2.75, 3.05) is 24.6 Å². The van der Waals surface area contributed by atoms with Gasteiger partial charge in [-0.05, 0) is 50.2 Å². The molecule has 1 saturated heterocycles. The molecule has 154 valence electrons. The van der Waals surface area contributed by atoms with Gasteiger partial charge in [0.15, 0.2) is 11.6 Å². The predicted octanol–water partition coefficient (Wildman–Crippen LogP) is 2.36. The van der Waals surface area contributed by atoms with E-state index in [0.29, 0.717) is 47.3 Å². The second-order valence-electron chi connectivity index (χ2n) is 8.58. The summed E-state index contributed by atoms with van der Waals surface area (Å²) in [6.07, 6.45) is 3.24. The van der Waals surface area contributed by atoms with Crippen LogP contribution in [0.3, 0.4) is 0 Å². The van der Waals surface area contributed by atoms with Gasteiger partial charge in [-0.25, -0.2) is 9.18 Å². The van der Waals surface area contributed by atoms with Gasteiger partial charge in [-0.2, -0.15) is 0 Å². The Kier molecular flexibility index (Phi) is 4.10. The molecule has 3 aliphatic rings. The number of rotatable bonds is 4. The number of halogens is 1. The summed E-state index contributed by atoms with van der Waals surface area (Å²) in [6.45, 7) is 3.31. The molecule has 0 spiro atoms. The van der Waals surface area contributed by atoms with E-state index in [1.165, 1.54) is 29.5 Å². The third-order valence-corrected chi connectivity index (χ3v) is 6.59. The Morgan fingerprint density at radius 3 is 2.76 bits per heavy atom. The molecule has 5 rings (SSSR count). The molecule has 7 nitrogen and oxygen atoms in total. The van der Waals surface area contributed by atoms with E-state index >= 15 is 4.39 Å². The van der Waals surface area contributed by atoms with Gasteiger partial charge in [-0.15, -0.1) is 0 Å². The molecule has 8 heteroatoms. The minimum atomic E-state index is -1.32. The van der Waals surface area contributed by atoms with E-state index in [-0.39, 0.29) is 24.3 Å². The third kappa shape index (κ3) is 2.80. The smallest absolute Gasteiger partial charge is 0.341 e. The van der Waals surface area contributed by atoms with E-state index in [1.54, 1.807) is 6.92 Å². The lowest BCUT2D eigenvalue weighted by Gasteiger charge is -2.31. The number of nitrogens with two attached hydrogens (primary N) is 1. The summed E-state index contributed by atoms with van der Waals surface area (Å²) in [6, 6.07) is 2.35. The Labute approximate surface area is 166 Å². The van der Waals surface area contributed by atoms with Crippen LogP contribution in [0.15, 0.2) is 16.9 Å². The molecule has 0 bridgehead atoms. The molecule has 2 fully saturated rings. The Bertz CT molecular complexity index is 1080. The molecule has 1 aliphatic carbocycles. The van der Waals surface area contributed by atoms with Gasteiger partial charge >= 0.3 is 5.97 Å². The van der Waals surface area contributed by atoms with E-state index in [4.69, 9.17) is 10.5 Å². The number of anilines is 1. The first-order valence-electron chi connectivity index (χ1n) is 10.1. The van der Waals surface area contributed by atoms with Crippen LogP contribution in [0.1, 0.15) is 42.6 Å². The van der Waals surface area contributed by atoms with Crippen LogP contribution in [0, 0.1) is 17.7 Å². The predicted molar refractivity (Wildman–Crippen MR) is 106 cm³/mol. The number of pyridine rings is 1. The van der Waals surface area contributed by atoms with Crippen molar-refractivity contribution in [3.8, 4) is 5.75 Å². The Balaban J connectivity index is 1.65. The Morgan fingerprint density at radius 2 is 2.07 bits per heavy atom. The van der Waals surface area contributed by atoms with Crippen molar-refractivity contribution >= 4 is 22.6 Å². The van der Waals surface area contributed by atoms with E-state index in [2.05, 4.69) is 0 Å². The minimum Gasteiger partial charge on any atom is -0.487 e. The van der Waals surface area contributed by atoms with E-state index in [9.17, 15) is 14.7 Å². The fourth-order valence-electron chi connectivity index (χ4n) is 4.89. The molecule has 1 aromatic heterocycles. The van der Waals surface area contributed by atoms with Crippen LogP contribution in [-0.2, 0) is 0 Å². The lowest BCUT2D eigenvalue weighted by Crippen LogP contribution is -2.36. The highest BCUT2D eigenvalue weighted by Gasteiger charge is 2.39. The molecule has 0 amide bonds. The molecular weight excluding hydrogens is 377 g/mol. The molecule has 1 aromatic carbocycles. The summed E-state index contributed by atoms with van der Waals surface area (Å²) < 4.78 is 22.6. The van der Waals surface area contributed by atoms with Crippen molar-refractivity contribution in [2.24, 2.45) is 17.6 Å². The molecule has 0 unspecified atom stereocenters. The average molecular weight is 401 g/mol. The van der Waals surface area contributed by atoms with E-state index in [1.807, 2.05) is 4.90 Å². The summed E-state index contributed by atoms with van der Waals surface area (Å²) in [7, 11) is 0. The van der Waals surface area contributed by atoms with Crippen LogP contribution in [0.5, 0.6) is 5.75 Å². The second-order valence-corrected chi connectivity index (χ2v) is 8.58. The maximum atomic E-state index is 15.2. The zero-order valence-corrected chi connectivity index (χ0v) is 16.2. The zero-order valence-electron chi connectivity index (χ0n) is 16.2. The monoisotopic (exact) mass is 401 g/mol. The van der Waals surface area contributed by atoms with Gasteiger partial charge in [0.05, 0.1) is 11.6 Å².